The molecule has 1 N–H and O–H groups in total. The third-order valence-electron chi connectivity index (χ3n) is 8.19. The largest absolute Gasteiger partial charge is 0.495 e. The molecule has 8 nitrogen and oxygen atoms in total. The van der Waals surface area contributed by atoms with Gasteiger partial charge in [0.25, 0.3) is 0 Å². The highest BCUT2D eigenvalue weighted by Crippen LogP contribution is 2.31. The molecule has 0 radical (unpaired) electrons. The third-order valence-corrected chi connectivity index (χ3v) is 10.4. The molecule has 1 aliphatic carbocycles. The molecular formula is C34H40Cl3N3O5S. The summed E-state index contributed by atoms with van der Waals surface area (Å²) in [4.78, 5) is 29.7. The van der Waals surface area contributed by atoms with E-state index >= 15 is 0 Å². The summed E-state index contributed by atoms with van der Waals surface area (Å²) < 4.78 is 32.0. The van der Waals surface area contributed by atoms with Gasteiger partial charge in [0.15, 0.2) is 0 Å². The standard InChI is InChI=1S/C34H40Cl3N3O5S/c1-45-32-19-18-26(22-30(32)37)40(46(2,43)44)20-10-17-33(41)39(23-27-28(35)15-9-16-29(27)36)31(21-24-11-5-3-6-12-24)34(42)38-25-13-7-4-8-14-25/h3,5-6,9,11-12,15-16,18-19,22,25,31H,4,7-8,10,13-14,17,20-21,23H2,1-2H3,(H,38,42). The Bertz CT molecular complexity index is 1580. The van der Waals surface area contributed by atoms with Crippen molar-refractivity contribution in [3.63, 3.8) is 0 Å². The van der Waals surface area contributed by atoms with Gasteiger partial charge >= 0.3 is 0 Å². The highest BCUT2D eigenvalue weighted by atomic mass is 35.5. The van der Waals surface area contributed by atoms with Crippen LogP contribution in [0.15, 0.2) is 66.7 Å². The van der Waals surface area contributed by atoms with Gasteiger partial charge in [0.05, 0.1) is 24.1 Å². The molecule has 1 aliphatic rings. The molecule has 0 aromatic heterocycles. The van der Waals surface area contributed by atoms with E-state index in [0.717, 1.165) is 43.9 Å². The van der Waals surface area contributed by atoms with E-state index in [0.29, 0.717) is 27.0 Å². The van der Waals surface area contributed by atoms with Gasteiger partial charge in [-0.2, -0.15) is 0 Å². The monoisotopic (exact) mass is 707 g/mol. The number of hydrogen-bond donors (Lipinski definition) is 1. The SMILES string of the molecule is COc1ccc(N(CCCC(=O)N(Cc2c(Cl)cccc2Cl)C(Cc2ccccc2)C(=O)NC2CCCCC2)S(C)(=O)=O)cc1Cl. The maximum atomic E-state index is 14.2. The predicted molar refractivity (Wildman–Crippen MR) is 185 cm³/mol. The lowest BCUT2D eigenvalue weighted by Gasteiger charge is -2.34. The van der Waals surface area contributed by atoms with Crippen molar-refractivity contribution in [2.24, 2.45) is 0 Å². The summed E-state index contributed by atoms with van der Waals surface area (Å²) in [7, 11) is -2.23. The fraction of sp³-hybridized carbons (Fsp3) is 0.412. The van der Waals surface area contributed by atoms with Crippen molar-refractivity contribution >= 4 is 62.3 Å². The van der Waals surface area contributed by atoms with Crippen LogP contribution in [-0.4, -0.2) is 57.1 Å². The Morgan fingerprint density at radius 3 is 2.22 bits per heavy atom. The molecule has 4 rings (SSSR count). The number of benzene rings is 3. The van der Waals surface area contributed by atoms with Crippen LogP contribution in [0.5, 0.6) is 5.75 Å². The number of nitrogens with zero attached hydrogens (tertiary/aromatic N) is 2. The summed E-state index contributed by atoms with van der Waals surface area (Å²) in [6.07, 6.45) is 6.56. The number of sulfonamides is 1. The van der Waals surface area contributed by atoms with Crippen molar-refractivity contribution in [3.05, 3.63) is 92.9 Å². The number of hydrogen-bond acceptors (Lipinski definition) is 5. The minimum Gasteiger partial charge on any atom is -0.495 e. The molecule has 0 spiro atoms. The zero-order chi connectivity index (χ0) is 33.3. The minimum atomic E-state index is -3.71. The second kappa shape index (κ2) is 16.7. The van der Waals surface area contributed by atoms with E-state index < -0.39 is 16.1 Å². The summed E-state index contributed by atoms with van der Waals surface area (Å²) in [5.41, 5.74) is 1.79. The number of carbonyl (C=O) groups is 2. The number of rotatable bonds is 14. The Morgan fingerprint density at radius 1 is 0.935 bits per heavy atom. The number of amides is 2. The number of carbonyl (C=O) groups excluding carboxylic acids is 2. The van der Waals surface area contributed by atoms with E-state index in [1.54, 1.807) is 30.3 Å². The van der Waals surface area contributed by atoms with Crippen LogP contribution in [0.2, 0.25) is 15.1 Å². The van der Waals surface area contributed by atoms with Gasteiger partial charge in [-0.25, -0.2) is 8.42 Å². The first-order valence-corrected chi connectivity index (χ1v) is 18.3. The Hall–Kier alpha value is -2.98. The molecule has 248 valence electrons. The van der Waals surface area contributed by atoms with Crippen LogP contribution in [0.25, 0.3) is 0 Å². The van der Waals surface area contributed by atoms with E-state index in [1.807, 2.05) is 30.3 Å². The van der Waals surface area contributed by atoms with Gasteiger partial charge in [0, 0.05) is 47.6 Å². The van der Waals surface area contributed by atoms with Crippen molar-refractivity contribution < 1.29 is 22.7 Å². The van der Waals surface area contributed by atoms with Crippen molar-refractivity contribution in [2.75, 3.05) is 24.2 Å². The maximum Gasteiger partial charge on any atom is 0.243 e. The van der Waals surface area contributed by atoms with Gasteiger partial charge in [0.2, 0.25) is 21.8 Å². The fourth-order valence-corrected chi connectivity index (χ4v) is 7.49. The topological polar surface area (TPSA) is 96.0 Å². The highest BCUT2D eigenvalue weighted by Gasteiger charge is 2.33. The molecule has 12 heteroatoms. The van der Waals surface area contributed by atoms with Gasteiger partial charge in [-0.05, 0) is 55.2 Å². The van der Waals surface area contributed by atoms with Crippen LogP contribution in [-0.2, 0) is 32.6 Å². The zero-order valence-electron chi connectivity index (χ0n) is 26.1. The zero-order valence-corrected chi connectivity index (χ0v) is 29.1. The van der Waals surface area contributed by atoms with Crippen LogP contribution >= 0.6 is 34.8 Å². The highest BCUT2D eigenvalue weighted by molar-refractivity contribution is 7.92. The van der Waals surface area contributed by atoms with Gasteiger partial charge in [-0.1, -0.05) is 90.5 Å². The van der Waals surface area contributed by atoms with E-state index in [4.69, 9.17) is 39.5 Å². The number of anilines is 1. The Morgan fingerprint density at radius 2 is 1.61 bits per heavy atom. The van der Waals surface area contributed by atoms with Gasteiger partial charge < -0.3 is 15.0 Å². The molecule has 0 bridgehead atoms. The van der Waals surface area contributed by atoms with Crippen molar-refractivity contribution in [3.8, 4) is 5.75 Å². The number of methoxy groups -OCH3 is 1. The summed E-state index contributed by atoms with van der Waals surface area (Å²) in [6, 6.07) is 18.6. The number of halogens is 3. The lowest BCUT2D eigenvalue weighted by Crippen LogP contribution is -2.53. The van der Waals surface area contributed by atoms with E-state index in [9.17, 15) is 18.0 Å². The van der Waals surface area contributed by atoms with E-state index in [1.165, 1.54) is 22.4 Å². The van der Waals surface area contributed by atoms with Gasteiger partial charge in [-0.15, -0.1) is 0 Å². The molecule has 1 saturated carbocycles. The van der Waals surface area contributed by atoms with Gasteiger partial charge in [0.1, 0.15) is 11.8 Å². The molecule has 3 aromatic rings. The molecule has 1 fully saturated rings. The minimum absolute atomic E-state index is 0.0107. The average molecular weight is 709 g/mol. The van der Waals surface area contributed by atoms with Crippen LogP contribution in [0.3, 0.4) is 0 Å². The maximum absolute atomic E-state index is 14.2. The van der Waals surface area contributed by atoms with Crippen molar-refractivity contribution in [1.82, 2.24) is 10.2 Å². The molecular weight excluding hydrogens is 669 g/mol. The molecule has 1 unspecified atom stereocenters. The van der Waals surface area contributed by atoms with Crippen LogP contribution in [0, 0.1) is 0 Å². The Balaban J connectivity index is 1.62. The molecule has 46 heavy (non-hydrogen) atoms. The smallest absolute Gasteiger partial charge is 0.243 e. The lowest BCUT2D eigenvalue weighted by atomic mass is 9.94. The number of ether oxygens (including phenoxy) is 1. The predicted octanol–water partition coefficient (Wildman–Crippen LogP) is 7.29. The van der Waals surface area contributed by atoms with Crippen LogP contribution in [0.4, 0.5) is 5.69 Å². The van der Waals surface area contributed by atoms with E-state index in [2.05, 4.69) is 5.32 Å². The fourth-order valence-electron chi connectivity index (χ4n) is 5.77. The molecule has 2 amide bonds. The lowest BCUT2D eigenvalue weighted by molar-refractivity contribution is -0.141. The molecule has 3 aromatic carbocycles. The quantitative estimate of drug-likeness (QED) is 0.190. The molecule has 0 heterocycles. The van der Waals surface area contributed by atoms with E-state index in [-0.39, 0.29) is 55.2 Å². The summed E-state index contributed by atoms with van der Waals surface area (Å²) in [5.74, 6) is -0.145. The number of nitrogens with one attached hydrogen (secondary N) is 1. The second-order valence-corrected chi connectivity index (χ2v) is 14.7. The Labute approximate surface area is 287 Å². The van der Waals surface area contributed by atoms with Crippen LogP contribution in [0.1, 0.15) is 56.1 Å². The van der Waals surface area contributed by atoms with Gasteiger partial charge in [-0.3, -0.25) is 13.9 Å². The summed E-state index contributed by atoms with van der Waals surface area (Å²) >= 11 is 19.4. The third kappa shape index (κ3) is 9.77. The molecule has 0 aliphatic heterocycles. The first-order valence-electron chi connectivity index (χ1n) is 15.4. The molecule has 0 saturated heterocycles. The molecule has 1 atom stereocenters. The normalized spacial score (nSPS) is 14.4. The second-order valence-electron chi connectivity index (χ2n) is 11.5. The van der Waals surface area contributed by atoms with Crippen molar-refractivity contribution in [1.29, 1.82) is 0 Å². The summed E-state index contributed by atoms with van der Waals surface area (Å²) in [6.45, 7) is 0.0301. The average Bonchev–Trinajstić information content (AvgIpc) is 3.02. The summed E-state index contributed by atoms with van der Waals surface area (Å²) in [5, 5.41) is 4.25. The Kier molecular flexibility index (Phi) is 13.0. The van der Waals surface area contributed by atoms with Crippen molar-refractivity contribution in [2.45, 2.75) is 70.0 Å². The first-order chi connectivity index (χ1) is 22.0. The van der Waals surface area contributed by atoms with Crippen LogP contribution < -0.4 is 14.4 Å². The first kappa shape index (κ1) is 35.9.